The lowest BCUT2D eigenvalue weighted by molar-refractivity contribution is 0.102. The molecule has 2 heterocycles. The van der Waals surface area contributed by atoms with Crippen LogP contribution in [0.4, 0.5) is 10.1 Å². The highest BCUT2D eigenvalue weighted by Gasteiger charge is 2.14. The van der Waals surface area contributed by atoms with Crippen LogP contribution in [0.15, 0.2) is 59.4 Å². The van der Waals surface area contributed by atoms with Gasteiger partial charge >= 0.3 is 0 Å². The molecule has 0 radical (unpaired) electrons. The maximum absolute atomic E-state index is 13.3. The second kappa shape index (κ2) is 7.17. The van der Waals surface area contributed by atoms with Gasteiger partial charge in [-0.05, 0) is 41.8 Å². The van der Waals surface area contributed by atoms with Crippen molar-refractivity contribution in [1.29, 1.82) is 0 Å². The number of H-pyrrole nitrogens is 1. The van der Waals surface area contributed by atoms with Gasteiger partial charge in [-0.1, -0.05) is 24.3 Å². The van der Waals surface area contributed by atoms with Gasteiger partial charge in [0.1, 0.15) is 5.82 Å². The lowest BCUT2D eigenvalue weighted by Gasteiger charge is -2.15. The van der Waals surface area contributed by atoms with Gasteiger partial charge in [-0.15, -0.1) is 0 Å². The summed E-state index contributed by atoms with van der Waals surface area (Å²) in [5.74, 6) is -0.910. The number of nitrogens with one attached hydrogen (secondary N) is 2. The molecule has 0 spiro atoms. The first-order chi connectivity index (χ1) is 13.1. The number of hydrogen-bond donors (Lipinski definition) is 2. The third-order valence-electron chi connectivity index (χ3n) is 4.50. The van der Waals surface area contributed by atoms with E-state index in [4.69, 9.17) is 4.74 Å². The number of halogens is 1. The molecule has 1 amide bonds. The summed E-state index contributed by atoms with van der Waals surface area (Å²) in [6.45, 7) is 1.23. The van der Waals surface area contributed by atoms with Crippen LogP contribution >= 0.6 is 0 Å². The second-order valence-electron chi connectivity index (χ2n) is 6.33. The number of aromatic amines is 1. The van der Waals surface area contributed by atoms with E-state index in [-0.39, 0.29) is 11.1 Å². The van der Waals surface area contributed by atoms with Crippen LogP contribution < -0.4 is 10.9 Å². The Labute approximate surface area is 154 Å². The Hall–Kier alpha value is -3.25. The van der Waals surface area contributed by atoms with E-state index in [2.05, 4.69) is 10.3 Å². The zero-order chi connectivity index (χ0) is 18.8. The van der Waals surface area contributed by atoms with Gasteiger partial charge in [0, 0.05) is 22.7 Å². The molecule has 6 heteroatoms. The first-order valence-electron chi connectivity index (χ1n) is 8.61. The fourth-order valence-electron chi connectivity index (χ4n) is 3.20. The molecule has 1 aliphatic heterocycles. The summed E-state index contributed by atoms with van der Waals surface area (Å²) in [6, 6.07) is 12.5. The van der Waals surface area contributed by atoms with Crippen molar-refractivity contribution in [1.82, 2.24) is 4.98 Å². The molecule has 3 aromatic rings. The van der Waals surface area contributed by atoms with E-state index in [1.54, 1.807) is 6.07 Å². The molecular weight excluding hydrogens is 347 g/mol. The summed E-state index contributed by atoms with van der Waals surface area (Å²) < 4.78 is 18.7. The van der Waals surface area contributed by atoms with Crippen LogP contribution in [0.2, 0.25) is 0 Å². The van der Waals surface area contributed by atoms with Crippen LogP contribution in [0.25, 0.3) is 16.5 Å². The Morgan fingerprint density at radius 3 is 2.81 bits per heavy atom. The lowest BCUT2D eigenvalue weighted by Crippen LogP contribution is -2.17. The van der Waals surface area contributed by atoms with Gasteiger partial charge in [0.15, 0.2) is 0 Å². The minimum Gasteiger partial charge on any atom is -0.377 e. The molecule has 0 fully saturated rings. The Morgan fingerprint density at radius 1 is 1.15 bits per heavy atom. The van der Waals surface area contributed by atoms with Crippen molar-refractivity contribution in [3.05, 3.63) is 81.9 Å². The van der Waals surface area contributed by atoms with Gasteiger partial charge < -0.3 is 15.0 Å². The number of anilines is 1. The molecule has 0 saturated carbocycles. The largest absolute Gasteiger partial charge is 0.377 e. The molecule has 2 aromatic carbocycles. The maximum Gasteiger partial charge on any atom is 0.256 e. The first kappa shape index (κ1) is 17.2. The molecule has 0 unspecified atom stereocenters. The minimum absolute atomic E-state index is 0.241. The summed E-state index contributed by atoms with van der Waals surface area (Å²) in [7, 11) is 0. The number of hydrogen-bond acceptors (Lipinski definition) is 3. The number of benzene rings is 2. The highest BCUT2D eigenvalue weighted by molar-refractivity contribution is 6.12. The molecule has 136 valence electrons. The summed E-state index contributed by atoms with van der Waals surface area (Å²) >= 11 is 0. The Kier molecular flexibility index (Phi) is 4.56. The van der Waals surface area contributed by atoms with E-state index >= 15 is 0 Å². The van der Waals surface area contributed by atoms with Crippen LogP contribution in [0, 0.1) is 5.82 Å². The molecule has 1 aliphatic rings. The maximum atomic E-state index is 13.3. The quantitative estimate of drug-likeness (QED) is 0.744. The molecule has 5 nitrogen and oxygen atoms in total. The normalized spacial score (nSPS) is 14.0. The van der Waals surface area contributed by atoms with E-state index in [1.165, 1.54) is 24.3 Å². The lowest BCUT2D eigenvalue weighted by atomic mass is 9.98. The zero-order valence-electron chi connectivity index (χ0n) is 14.4. The molecule has 27 heavy (non-hydrogen) atoms. The molecule has 4 rings (SSSR count). The Balaban J connectivity index is 1.73. The van der Waals surface area contributed by atoms with Crippen LogP contribution in [-0.4, -0.2) is 24.1 Å². The van der Waals surface area contributed by atoms with Gasteiger partial charge in [0.25, 0.3) is 5.91 Å². The average molecular weight is 364 g/mol. The van der Waals surface area contributed by atoms with Gasteiger partial charge in [0.05, 0.1) is 18.8 Å². The summed E-state index contributed by atoms with van der Waals surface area (Å²) in [6.07, 6.45) is 2.82. The zero-order valence-corrected chi connectivity index (χ0v) is 14.4. The molecule has 0 aliphatic carbocycles. The van der Waals surface area contributed by atoms with E-state index in [0.29, 0.717) is 29.8 Å². The van der Waals surface area contributed by atoms with Crippen molar-refractivity contribution in [3.63, 3.8) is 0 Å². The van der Waals surface area contributed by atoms with Crippen LogP contribution in [0.1, 0.15) is 22.3 Å². The van der Waals surface area contributed by atoms with Crippen LogP contribution in [0.5, 0.6) is 0 Å². The summed E-state index contributed by atoms with van der Waals surface area (Å²) in [5, 5.41) is 3.26. The number of aromatic nitrogens is 1. The average Bonchev–Trinajstić information content (AvgIpc) is 2.67. The van der Waals surface area contributed by atoms with Crippen molar-refractivity contribution in [3.8, 4) is 0 Å². The third-order valence-corrected chi connectivity index (χ3v) is 4.50. The van der Waals surface area contributed by atoms with Crippen LogP contribution in [-0.2, 0) is 4.74 Å². The predicted octanol–water partition coefficient (Wildman–Crippen LogP) is 3.72. The topological polar surface area (TPSA) is 71.2 Å². The standard InChI is InChI=1S/C21H17FN2O3/c22-15-2-1-3-16(11-15)23-21(26)18-12-20(25)24-19-10-14(4-5-17(18)19)13-6-8-27-9-7-13/h1-6,10-12H,7-9H2,(H,23,26)(H,24,25). The molecule has 2 N–H and O–H groups in total. The molecule has 0 saturated heterocycles. The highest BCUT2D eigenvalue weighted by Crippen LogP contribution is 2.25. The van der Waals surface area contributed by atoms with E-state index in [0.717, 1.165) is 17.6 Å². The number of carbonyl (C=O) groups is 1. The number of amides is 1. The Morgan fingerprint density at radius 2 is 2.04 bits per heavy atom. The van der Waals surface area contributed by atoms with Gasteiger partial charge in [0.2, 0.25) is 5.56 Å². The van der Waals surface area contributed by atoms with Gasteiger partial charge in [-0.2, -0.15) is 0 Å². The second-order valence-corrected chi connectivity index (χ2v) is 6.33. The summed E-state index contributed by atoms with van der Waals surface area (Å²) in [5.41, 5.74) is 2.92. The number of ether oxygens (including phenoxy) is 1. The van der Waals surface area contributed by atoms with Crippen molar-refractivity contribution in [2.75, 3.05) is 18.5 Å². The van der Waals surface area contributed by atoms with E-state index in [1.807, 2.05) is 24.3 Å². The number of fused-ring (bicyclic) bond motifs is 1. The Bertz CT molecular complexity index is 1120. The number of rotatable bonds is 3. The van der Waals surface area contributed by atoms with E-state index in [9.17, 15) is 14.0 Å². The highest BCUT2D eigenvalue weighted by atomic mass is 19.1. The smallest absolute Gasteiger partial charge is 0.256 e. The van der Waals surface area contributed by atoms with Crippen molar-refractivity contribution >= 4 is 28.1 Å². The van der Waals surface area contributed by atoms with Crippen molar-refractivity contribution in [2.45, 2.75) is 6.42 Å². The monoisotopic (exact) mass is 364 g/mol. The van der Waals surface area contributed by atoms with Crippen molar-refractivity contribution < 1.29 is 13.9 Å². The molecule has 0 bridgehead atoms. The molecular formula is C21H17FN2O3. The van der Waals surface area contributed by atoms with E-state index < -0.39 is 11.7 Å². The molecule has 1 aromatic heterocycles. The van der Waals surface area contributed by atoms with Gasteiger partial charge in [-0.3, -0.25) is 9.59 Å². The fourth-order valence-corrected chi connectivity index (χ4v) is 3.20. The minimum atomic E-state index is -0.463. The third kappa shape index (κ3) is 3.66. The van der Waals surface area contributed by atoms with Gasteiger partial charge in [-0.25, -0.2) is 4.39 Å². The SMILES string of the molecule is O=C(Nc1cccc(F)c1)c1cc(=O)[nH]c2cc(C3=CCOCC3)ccc12. The summed E-state index contributed by atoms with van der Waals surface area (Å²) in [4.78, 5) is 27.5. The number of carbonyl (C=O) groups excluding carboxylic acids is 1. The number of pyridine rings is 1. The molecule has 0 atom stereocenters. The van der Waals surface area contributed by atoms with Crippen molar-refractivity contribution in [2.24, 2.45) is 0 Å². The predicted molar refractivity (Wildman–Crippen MR) is 102 cm³/mol. The van der Waals surface area contributed by atoms with Crippen LogP contribution in [0.3, 0.4) is 0 Å². The fraction of sp³-hybridized carbons (Fsp3) is 0.143. The first-order valence-corrected chi connectivity index (χ1v) is 8.61.